The van der Waals surface area contributed by atoms with Crippen LogP contribution in [0.25, 0.3) is 0 Å². The van der Waals surface area contributed by atoms with Crippen molar-refractivity contribution in [2.24, 2.45) is 15.7 Å². The number of nitrogens with zero attached hydrogens (tertiary/aromatic N) is 4. The molecule has 0 aliphatic carbocycles. The van der Waals surface area contributed by atoms with E-state index in [1.165, 1.54) is 32.3 Å². The number of hydrogen-bond donors (Lipinski definition) is 2. The number of nitrogens with two attached hydrogens (primary N) is 1. The Morgan fingerprint density at radius 3 is 2.27 bits per heavy atom. The molecule has 0 saturated carbocycles. The molecule has 37 heavy (non-hydrogen) atoms. The summed E-state index contributed by atoms with van der Waals surface area (Å²) in [4.78, 5) is 24.6. The summed E-state index contributed by atoms with van der Waals surface area (Å²) in [5.74, 6) is 0.508. The van der Waals surface area contributed by atoms with Crippen LogP contribution in [0.1, 0.15) is 54.4 Å². The number of likely N-dealkylation sites (tertiary alicyclic amines) is 1. The lowest BCUT2D eigenvalue weighted by Crippen LogP contribution is -2.47. The van der Waals surface area contributed by atoms with Gasteiger partial charge in [-0.15, -0.1) is 0 Å². The lowest BCUT2D eigenvalue weighted by Gasteiger charge is -2.31. The van der Waals surface area contributed by atoms with E-state index in [-0.39, 0.29) is 18.3 Å². The third kappa shape index (κ3) is 17.2. The Labute approximate surface area is 225 Å². The molecule has 0 atom stereocenters. The highest BCUT2D eigenvalue weighted by atomic mass is 16.5. The molecule has 2 aliphatic rings. The molecule has 1 saturated heterocycles. The number of carbonyl (C=O) groups excluding carboxylic acids is 1. The number of allylic oxidation sites excluding steroid dienone is 4. The number of nitrogens with one attached hydrogen (secondary N) is 1. The molecule has 1 fully saturated rings. The molecule has 9 nitrogen and oxygen atoms in total. The van der Waals surface area contributed by atoms with Crippen molar-refractivity contribution < 1.29 is 14.3 Å². The Kier molecular flexibility index (Phi) is 23.0. The van der Waals surface area contributed by atoms with Crippen LogP contribution in [0.3, 0.4) is 0 Å². The van der Waals surface area contributed by atoms with E-state index in [0.29, 0.717) is 31.3 Å². The van der Waals surface area contributed by atoms with E-state index in [1.807, 2.05) is 64.7 Å². The van der Waals surface area contributed by atoms with Crippen molar-refractivity contribution in [3.05, 3.63) is 47.5 Å². The van der Waals surface area contributed by atoms with Gasteiger partial charge in [0.2, 0.25) is 5.91 Å². The molecular formula is C28H52N6O3. The fraction of sp³-hybridized carbons (Fsp3) is 0.607. The molecule has 0 radical (unpaired) electrons. The number of methoxy groups -OCH3 is 1. The molecule has 0 aromatic heterocycles. The van der Waals surface area contributed by atoms with Crippen LogP contribution in [-0.2, 0) is 14.3 Å². The SMILES string of the molecule is C=C(C)/C=C\C=C(/C)CN1CC(=O)NC(C(N)=NC)=C1/N=C/OCCOC.CC.CC.CN1CCCC1. The predicted octanol–water partition coefficient (Wildman–Crippen LogP) is 4.11. The number of hydrogen-bond acceptors (Lipinski definition) is 7. The third-order valence-corrected chi connectivity index (χ3v) is 4.81. The predicted molar refractivity (Wildman–Crippen MR) is 158 cm³/mol. The second kappa shape index (κ2) is 23.5. The first kappa shape index (κ1) is 36.2. The van der Waals surface area contributed by atoms with Crippen LogP contribution in [0.5, 0.6) is 0 Å². The zero-order chi connectivity index (χ0) is 28.6. The van der Waals surface area contributed by atoms with Gasteiger partial charge >= 0.3 is 0 Å². The summed E-state index contributed by atoms with van der Waals surface area (Å²) < 4.78 is 10.2. The van der Waals surface area contributed by atoms with Crippen LogP contribution < -0.4 is 11.1 Å². The quantitative estimate of drug-likeness (QED) is 0.194. The number of amidine groups is 1. The van der Waals surface area contributed by atoms with Crippen LogP contribution in [0, 0.1) is 0 Å². The van der Waals surface area contributed by atoms with Gasteiger partial charge in [0.25, 0.3) is 0 Å². The second-order valence-corrected chi connectivity index (χ2v) is 8.04. The van der Waals surface area contributed by atoms with E-state index in [4.69, 9.17) is 15.2 Å². The summed E-state index contributed by atoms with van der Waals surface area (Å²) in [7, 11) is 5.32. The van der Waals surface area contributed by atoms with Crippen molar-refractivity contribution in [2.45, 2.75) is 54.4 Å². The Hall–Kier alpha value is -2.91. The number of rotatable bonds is 10. The molecule has 1 amide bonds. The summed E-state index contributed by atoms with van der Waals surface area (Å²) in [5, 5.41) is 2.73. The van der Waals surface area contributed by atoms with Gasteiger partial charge in [-0.1, -0.05) is 63.6 Å². The Morgan fingerprint density at radius 2 is 1.78 bits per heavy atom. The molecule has 212 valence electrons. The molecule has 0 bridgehead atoms. The van der Waals surface area contributed by atoms with Crippen LogP contribution in [-0.4, -0.2) is 88.5 Å². The minimum Gasteiger partial charge on any atom is -0.481 e. The van der Waals surface area contributed by atoms with Crippen molar-refractivity contribution in [3.63, 3.8) is 0 Å². The van der Waals surface area contributed by atoms with Gasteiger partial charge in [0.15, 0.2) is 12.2 Å². The summed E-state index contributed by atoms with van der Waals surface area (Å²) in [6.07, 6.45) is 9.95. The van der Waals surface area contributed by atoms with Gasteiger partial charge in [0, 0.05) is 20.7 Å². The molecule has 3 N–H and O–H groups in total. The minimum atomic E-state index is -0.180. The van der Waals surface area contributed by atoms with Crippen LogP contribution in [0.4, 0.5) is 0 Å². The Balaban J connectivity index is 0. The van der Waals surface area contributed by atoms with Gasteiger partial charge in [-0.05, 0) is 46.8 Å². The first-order valence-electron chi connectivity index (χ1n) is 13.1. The number of aliphatic imine (C=N–C) groups is 2. The van der Waals surface area contributed by atoms with Crippen LogP contribution in [0.2, 0.25) is 0 Å². The van der Waals surface area contributed by atoms with Gasteiger partial charge in [-0.2, -0.15) is 0 Å². The summed E-state index contributed by atoms with van der Waals surface area (Å²) in [6, 6.07) is 0. The van der Waals surface area contributed by atoms with E-state index >= 15 is 0 Å². The monoisotopic (exact) mass is 520 g/mol. The average molecular weight is 521 g/mol. The van der Waals surface area contributed by atoms with Gasteiger partial charge in [0.05, 0.1) is 13.2 Å². The average Bonchev–Trinajstić information content (AvgIpc) is 3.37. The Bertz CT molecular complexity index is 794. The highest BCUT2D eigenvalue weighted by Crippen LogP contribution is 2.17. The topological polar surface area (TPSA) is 105 Å². The van der Waals surface area contributed by atoms with E-state index in [1.54, 1.807) is 14.2 Å². The molecule has 2 rings (SSSR count). The van der Waals surface area contributed by atoms with Crippen molar-refractivity contribution >= 4 is 18.1 Å². The lowest BCUT2D eigenvalue weighted by atomic mass is 10.2. The largest absolute Gasteiger partial charge is 0.481 e. The van der Waals surface area contributed by atoms with Crippen LogP contribution in [0.15, 0.2) is 57.5 Å². The molecule has 0 unspecified atom stereocenters. The summed E-state index contributed by atoms with van der Waals surface area (Å²) in [6.45, 7) is 19.8. The molecule has 9 heteroatoms. The first-order valence-corrected chi connectivity index (χ1v) is 13.1. The normalized spacial score (nSPS) is 16.5. The summed E-state index contributed by atoms with van der Waals surface area (Å²) >= 11 is 0. The molecule has 2 heterocycles. The standard InChI is InChI=1S/C19H29N5O3.C5H11N.2C2H6/c1-14(2)7-6-8-15(3)11-24-12-16(25)23-17(18(20)21-4)19(24)22-13-27-10-9-26-5;1-6-4-2-3-5-6;2*1-2/h6-8,13H,1,9-12H2,2-5H3,(H2,20,21)(H,23,25);2-5H2,1H3;2*1-2H3/b7-6-,15-8+,22-13+;;;. The third-order valence-electron chi connectivity index (χ3n) is 4.81. The summed E-state index contributed by atoms with van der Waals surface area (Å²) in [5.41, 5.74) is 8.31. The smallest absolute Gasteiger partial charge is 0.244 e. The van der Waals surface area contributed by atoms with Gasteiger partial charge < -0.3 is 30.3 Å². The molecule has 2 aliphatic heterocycles. The zero-order valence-corrected chi connectivity index (χ0v) is 24.8. The highest BCUT2D eigenvalue weighted by molar-refractivity contribution is 6.02. The fourth-order valence-electron chi connectivity index (χ4n) is 3.09. The highest BCUT2D eigenvalue weighted by Gasteiger charge is 2.26. The maximum Gasteiger partial charge on any atom is 0.244 e. The van der Waals surface area contributed by atoms with Gasteiger partial charge in [-0.25, -0.2) is 4.99 Å². The second-order valence-electron chi connectivity index (χ2n) is 8.04. The maximum absolute atomic E-state index is 12.1. The van der Waals surface area contributed by atoms with Gasteiger partial charge in [0.1, 0.15) is 18.1 Å². The van der Waals surface area contributed by atoms with Crippen LogP contribution >= 0.6 is 0 Å². The molecule has 0 spiro atoms. The van der Waals surface area contributed by atoms with E-state index in [0.717, 1.165) is 11.1 Å². The zero-order valence-electron chi connectivity index (χ0n) is 24.8. The van der Waals surface area contributed by atoms with Gasteiger partial charge in [-0.3, -0.25) is 9.79 Å². The minimum absolute atomic E-state index is 0.153. The molecule has 0 aromatic carbocycles. The maximum atomic E-state index is 12.1. The fourth-order valence-corrected chi connectivity index (χ4v) is 3.09. The number of carbonyl (C=O) groups is 1. The lowest BCUT2D eigenvalue weighted by molar-refractivity contribution is -0.121. The van der Waals surface area contributed by atoms with Crippen molar-refractivity contribution in [2.75, 3.05) is 60.6 Å². The van der Waals surface area contributed by atoms with E-state index in [2.05, 4.69) is 33.8 Å². The number of ether oxygens (including phenoxy) is 2. The molecular weight excluding hydrogens is 468 g/mol. The number of amides is 1. The van der Waals surface area contributed by atoms with E-state index < -0.39 is 0 Å². The first-order chi connectivity index (χ1) is 17.8. The van der Waals surface area contributed by atoms with Crippen molar-refractivity contribution in [1.29, 1.82) is 0 Å². The Morgan fingerprint density at radius 1 is 1.16 bits per heavy atom. The van der Waals surface area contributed by atoms with Crippen molar-refractivity contribution in [3.8, 4) is 0 Å². The van der Waals surface area contributed by atoms with E-state index in [9.17, 15) is 4.79 Å². The van der Waals surface area contributed by atoms with Crippen molar-refractivity contribution in [1.82, 2.24) is 15.1 Å². The molecule has 0 aromatic rings.